The van der Waals surface area contributed by atoms with Crippen molar-refractivity contribution in [1.29, 1.82) is 0 Å². The summed E-state index contributed by atoms with van der Waals surface area (Å²) < 4.78 is 32.8. The Bertz CT molecular complexity index is 559. The molecule has 20 heavy (non-hydrogen) atoms. The maximum Gasteiger partial charge on any atom is 0.244 e. The Hall–Kier alpha value is -1.07. The second-order valence-corrected chi connectivity index (χ2v) is 7.73. The average Bonchev–Trinajstić information content (AvgIpc) is 2.36. The van der Waals surface area contributed by atoms with E-state index < -0.39 is 10.0 Å². The van der Waals surface area contributed by atoms with E-state index in [0.29, 0.717) is 5.75 Å². The summed E-state index contributed by atoms with van der Waals surface area (Å²) in [6.07, 6.45) is 0.737. The van der Waals surface area contributed by atoms with Crippen LogP contribution in [0.15, 0.2) is 23.1 Å². The molecule has 1 rings (SSSR count). The summed E-state index contributed by atoms with van der Waals surface area (Å²) in [6.45, 7) is 9.93. The molecule has 0 unspecified atom stereocenters. The van der Waals surface area contributed by atoms with Crippen molar-refractivity contribution >= 4 is 10.0 Å². The minimum Gasteiger partial charge on any atom is -0.495 e. The van der Waals surface area contributed by atoms with Crippen molar-refractivity contribution in [2.45, 2.75) is 57.4 Å². The highest BCUT2D eigenvalue weighted by Crippen LogP contribution is 2.30. The first-order chi connectivity index (χ1) is 9.11. The molecule has 0 aliphatic carbocycles. The average molecular weight is 299 g/mol. The number of benzene rings is 1. The van der Waals surface area contributed by atoms with E-state index in [1.165, 1.54) is 7.11 Å². The lowest BCUT2D eigenvalue weighted by Crippen LogP contribution is -2.32. The Labute approximate surface area is 122 Å². The van der Waals surface area contributed by atoms with E-state index in [1.54, 1.807) is 12.1 Å². The van der Waals surface area contributed by atoms with E-state index in [2.05, 4.69) is 4.72 Å². The molecule has 1 atom stereocenters. The zero-order chi connectivity index (χ0) is 15.6. The third kappa shape index (κ3) is 3.96. The zero-order valence-electron chi connectivity index (χ0n) is 13.1. The maximum atomic E-state index is 12.5. The Kier molecular flexibility index (Phi) is 5.21. The molecule has 1 N–H and O–H groups in total. The van der Waals surface area contributed by atoms with Crippen molar-refractivity contribution in [1.82, 2.24) is 4.72 Å². The van der Waals surface area contributed by atoms with Crippen LogP contribution in [0, 0.1) is 0 Å². The van der Waals surface area contributed by atoms with Gasteiger partial charge >= 0.3 is 0 Å². The van der Waals surface area contributed by atoms with Gasteiger partial charge in [0.1, 0.15) is 10.6 Å². The fourth-order valence-electron chi connectivity index (χ4n) is 1.76. The second kappa shape index (κ2) is 6.14. The minimum absolute atomic E-state index is 0.108. The van der Waals surface area contributed by atoms with E-state index >= 15 is 0 Å². The molecule has 1 aromatic rings. The SMILES string of the molecule is CC[C@@H](C)NS(=O)(=O)c1cc(C(C)(C)C)ccc1OC. The monoisotopic (exact) mass is 299 g/mol. The fourth-order valence-corrected chi connectivity index (χ4v) is 3.29. The van der Waals surface area contributed by atoms with Gasteiger partial charge < -0.3 is 4.74 Å². The van der Waals surface area contributed by atoms with Gasteiger partial charge in [0.25, 0.3) is 0 Å². The fraction of sp³-hybridized carbons (Fsp3) is 0.600. The van der Waals surface area contributed by atoms with Crippen LogP contribution in [0.4, 0.5) is 0 Å². The van der Waals surface area contributed by atoms with E-state index in [-0.39, 0.29) is 16.4 Å². The van der Waals surface area contributed by atoms with Crippen molar-refractivity contribution in [3.63, 3.8) is 0 Å². The quantitative estimate of drug-likeness (QED) is 0.909. The molecule has 4 nitrogen and oxygen atoms in total. The molecule has 0 radical (unpaired) electrons. The van der Waals surface area contributed by atoms with Crippen LogP contribution in [0.1, 0.15) is 46.6 Å². The number of hydrogen-bond donors (Lipinski definition) is 1. The second-order valence-electron chi connectivity index (χ2n) is 6.05. The molecule has 0 aromatic heterocycles. The first kappa shape index (κ1) is 17.0. The number of methoxy groups -OCH3 is 1. The zero-order valence-corrected chi connectivity index (χ0v) is 14.0. The summed E-state index contributed by atoms with van der Waals surface area (Å²) in [6, 6.07) is 5.21. The smallest absolute Gasteiger partial charge is 0.244 e. The lowest BCUT2D eigenvalue weighted by Gasteiger charge is -2.21. The molecule has 114 valence electrons. The van der Waals surface area contributed by atoms with Gasteiger partial charge in [-0.15, -0.1) is 0 Å². The van der Waals surface area contributed by atoms with Crippen LogP contribution < -0.4 is 9.46 Å². The third-order valence-electron chi connectivity index (χ3n) is 3.29. The van der Waals surface area contributed by atoms with Crippen molar-refractivity contribution in [3.8, 4) is 5.75 Å². The Morgan fingerprint density at radius 1 is 1.30 bits per heavy atom. The van der Waals surface area contributed by atoms with Crippen molar-refractivity contribution in [2.75, 3.05) is 7.11 Å². The standard InChI is InChI=1S/C15H25NO3S/c1-7-11(2)16-20(17,18)14-10-12(15(3,4)5)8-9-13(14)19-6/h8-11,16H,7H2,1-6H3/t11-/m1/s1. The van der Waals surface area contributed by atoms with Crippen LogP contribution in [0.5, 0.6) is 5.75 Å². The van der Waals surface area contributed by atoms with Crippen LogP contribution in [-0.2, 0) is 15.4 Å². The molecule has 0 spiro atoms. The predicted molar refractivity (Wildman–Crippen MR) is 81.8 cm³/mol. The van der Waals surface area contributed by atoms with Crippen LogP contribution in [0.25, 0.3) is 0 Å². The molecular formula is C15H25NO3S. The molecule has 0 amide bonds. The molecule has 0 saturated carbocycles. The van der Waals surface area contributed by atoms with Crippen LogP contribution >= 0.6 is 0 Å². The van der Waals surface area contributed by atoms with E-state index in [1.807, 2.05) is 40.7 Å². The molecule has 0 saturated heterocycles. The molecular weight excluding hydrogens is 274 g/mol. The number of nitrogens with one attached hydrogen (secondary N) is 1. The van der Waals surface area contributed by atoms with E-state index in [0.717, 1.165) is 12.0 Å². The molecule has 0 fully saturated rings. The van der Waals surface area contributed by atoms with E-state index in [9.17, 15) is 8.42 Å². The molecule has 0 aliphatic rings. The van der Waals surface area contributed by atoms with Gasteiger partial charge in [-0.2, -0.15) is 0 Å². The molecule has 1 aromatic carbocycles. The van der Waals surface area contributed by atoms with Crippen LogP contribution in [-0.4, -0.2) is 21.6 Å². The molecule has 5 heteroatoms. The Morgan fingerprint density at radius 3 is 2.35 bits per heavy atom. The highest BCUT2D eigenvalue weighted by Gasteiger charge is 2.24. The number of sulfonamides is 1. The van der Waals surface area contributed by atoms with Gasteiger partial charge in [-0.3, -0.25) is 0 Å². The molecule has 0 heterocycles. The number of ether oxygens (including phenoxy) is 1. The van der Waals surface area contributed by atoms with Gasteiger partial charge in [0, 0.05) is 6.04 Å². The van der Waals surface area contributed by atoms with Gasteiger partial charge in [0.05, 0.1) is 7.11 Å². The summed E-state index contributed by atoms with van der Waals surface area (Å²) in [5.74, 6) is 0.369. The van der Waals surface area contributed by atoms with Crippen molar-refractivity contribution in [3.05, 3.63) is 23.8 Å². The largest absolute Gasteiger partial charge is 0.495 e. The van der Waals surface area contributed by atoms with Crippen LogP contribution in [0.3, 0.4) is 0 Å². The van der Waals surface area contributed by atoms with E-state index in [4.69, 9.17) is 4.74 Å². The van der Waals surface area contributed by atoms with Gasteiger partial charge in [0.2, 0.25) is 10.0 Å². The van der Waals surface area contributed by atoms with Gasteiger partial charge in [0.15, 0.2) is 0 Å². The lowest BCUT2D eigenvalue weighted by molar-refractivity contribution is 0.401. The maximum absolute atomic E-state index is 12.5. The summed E-state index contributed by atoms with van der Waals surface area (Å²) in [7, 11) is -2.09. The Morgan fingerprint density at radius 2 is 1.90 bits per heavy atom. The van der Waals surface area contributed by atoms with Crippen LogP contribution in [0.2, 0.25) is 0 Å². The van der Waals surface area contributed by atoms with Crippen molar-refractivity contribution < 1.29 is 13.2 Å². The van der Waals surface area contributed by atoms with Crippen molar-refractivity contribution in [2.24, 2.45) is 0 Å². The summed E-state index contributed by atoms with van der Waals surface area (Å²) in [5.41, 5.74) is 0.843. The van der Waals surface area contributed by atoms with Gasteiger partial charge in [-0.25, -0.2) is 13.1 Å². The normalized spacial score (nSPS) is 14.1. The summed E-state index contributed by atoms with van der Waals surface area (Å²) in [5, 5.41) is 0. The van der Waals surface area contributed by atoms with Gasteiger partial charge in [-0.05, 0) is 36.5 Å². The lowest BCUT2D eigenvalue weighted by atomic mass is 9.87. The first-order valence-corrected chi connectivity index (χ1v) is 8.31. The Balaban J connectivity index is 3.34. The number of rotatable bonds is 5. The van der Waals surface area contributed by atoms with Gasteiger partial charge in [-0.1, -0.05) is 33.8 Å². The minimum atomic E-state index is -3.57. The summed E-state index contributed by atoms with van der Waals surface area (Å²) >= 11 is 0. The summed E-state index contributed by atoms with van der Waals surface area (Å²) in [4.78, 5) is 0.202. The third-order valence-corrected chi connectivity index (χ3v) is 4.90. The predicted octanol–water partition coefficient (Wildman–Crippen LogP) is 3.07. The molecule has 0 aliphatic heterocycles. The topological polar surface area (TPSA) is 55.4 Å². The molecule has 0 bridgehead atoms. The first-order valence-electron chi connectivity index (χ1n) is 6.82. The highest BCUT2D eigenvalue weighted by atomic mass is 32.2. The highest BCUT2D eigenvalue weighted by molar-refractivity contribution is 7.89. The number of hydrogen-bond acceptors (Lipinski definition) is 3.